The highest BCUT2D eigenvalue weighted by Gasteiger charge is 2.15. The molecule has 1 fully saturated rings. The topological polar surface area (TPSA) is 75.4 Å². The first-order chi connectivity index (χ1) is 9.86. The van der Waals surface area contributed by atoms with Gasteiger partial charge in [-0.3, -0.25) is 0 Å². The normalized spacial score (nSPS) is 18.4. The Morgan fingerprint density at radius 2 is 1.95 bits per heavy atom. The summed E-state index contributed by atoms with van der Waals surface area (Å²) in [5, 5.41) is 3.37. The van der Waals surface area contributed by atoms with Crippen molar-refractivity contribution in [1.82, 2.24) is 4.90 Å². The Bertz CT molecular complexity index is 581. The molecule has 1 aromatic carbocycles. The molecular weight excluding hydrogens is 286 g/mol. The van der Waals surface area contributed by atoms with Crippen LogP contribution in [0.4, 0.5) is 11.4 Å². The molecule has 1 unspecified atom stereocenters. The van der Waals surface area contributed by atoms with E-state index in [1.54, 1.807) is 12.1 Å². The van der Waals surface area contributed by atoms with E-state index in [4.69, 9.17) is 5.73 Å². The summed E-state index contributed by atoms with van der Waals surface area (Å²) < 4.78 is 23.0. The molecule has 0 aromatic heterocycles. The maximum Gasteiger partial charge on any atom is 0.175 e. The second kappa shape index (κ2) is 6.66. The zero-order valence-corrected chi connectivity index (χ0v) is 13.6. The number of piperidine rings is 1. The fourth-order valence-corrected chi connectivity index (χ4v) is 3.40. The molecule has 1 aliphatic heterocycles. The van der Waals surface area contributed by atoms with Crippen LogP contribution in [0.2, 0.25) is 0 Å². The van der Waals surface area contributed by atoms with E-state index in [0.717, 1.165) is 25.3 Å². The van der Waals surface area contributed by atoms with Crippen LogP contribution in [-0.2, 0) is 9.84 Å². The molecule has 0 aliphatic carbocycles. The lowest BCUT2D eigenvalue weighted by Crippen LogP contribution is -2.38. The highest BCUT2D eigenvalue weighted by atomic mass is 32.2. The van der Waals surface area contributed by atoms with E-state index < -0.39 is 9.84 Å². The molecule has 0 bridgehead atoms. The fourth-order valence-electron chi connectivity index (χ4n) is 2.74. The first-order valence-electron chi connectivity index (χ1n) is 7.45. The van der Waals surface area contributed by atoms with Gasteiger partial charge in [-0.2, -0.15) is 0 Å². The van der Waals surface area contributed by atoms with E-state index in [9.17, 15) is 8.42 Å². The standard InChI is InChI=1S/C15H25N3O2S/c1-12(11-18-8-4-3-5-9-18)17-15-7-6-13(10-14(15)16)21(2,19)20/h6-7,10,12,17H,3-5,8-9,11,16H2,1-2H3. The highest BCUT2D eigenvalue weighted by molar-refractivity contribution is 7.90. The SMILES string of the molecule is CC(CN1CCCCC1)Nc1ccc(S(C)(=O)=O)cc1N. The van der Waals surface area contributed by atoms with E-state index in [2.05, 4.69) is 17.1 Å². The Balaban J connectivity index is 1.98. The van der Waals surface area contributed by atoms with Gasteiger partial charge in [0.05, 0.1) is 16.3 Å². The average Bonchev–Trinajstić information content (AvgIpc) is 2.41. The molecule has 1 aliphatic rings. The van der Waals surface area contributed by atoms with Crippen LogP contribution in [0.25, 0.3) is 0 Å². The molecule has 1 heterocycles. The number of nitrogen functional groups attached to an aromatic ring is 1. The second-order valence-corrected chi connectivity index (χ2v) is 7.94. The number of sulfone groups is 1. The number of nitrogens with zero attached hydrogens (tertiary/aromatic N) is 1. The predicted molar refractivity (Wildman–Crippen MR) is 87.3 cm³/mol. The van der Waals surface area contributed by atoms with Crippen molar-refractivity contribution in [3.8, 4) is 0 Å². The van der Waals surface area contributed by atoms with Gasteiger partial charge in [-0.1, -0.05) is 6.42 Å². The molecule has 21 heavy (non-hydrogen) atoms. The second-order valence-electron chi connectivity index (χ2n) is 5.93. The Morgan fingerprint density at radius 3 is 2.52 bits per heavy atom. The van der Waals surface area contributed by atoms with Crippen molar-refractivity contribution >= 4 is 21.2 Å². The van der Waals surface area contributed by atoms with Gasteiger partial charge < -0.3 is 16.0 Å². The van der Waals surface area contributed by atoms with Crippen molar-refractivity contribution in [2.45, 2.75) is 37.1 Å². The summed E-state index contributed by atoms with van der Waals surface area (Å²) in [4.78, 5) is 2.72. The summed E-state index contributed by atoms with van der Waals surface area (Å²) in [6, 6.07) is 5.14. The molecule has 2 rings (SSSR count). The third-order valence-corrected chi connectivity index (χ3v) is 4.94. The van der Waals surface area contributed by atoms with Crippen LogP contribution in [0, 0.1) is 0 Å². The van der Waals surface area contributed by atoms with E-state index in [0.29, 0.717) is 5.69 Å². The lowest BCUT2D eigenvalue weighted by atomic mass is 10.1. The first kappa shape index (κ1) is 16.1. The van der Waals surface area contributed by atoms with Gasteiger partial charge >= 0.3 is 0 Å². The van der Waals surface area contributed by atoms with Gasteiger partial charge in [0, 0.05) is 18.8 Å². The number of rotatable bonds is 5. The summed E-state index contributed by atoms with van der Waals surface area (Å²) in [7, 11) is -3.21. The Kier molecular flexibility index (Phi) is 5.11. The molecule has 5 nitrogen and oxygen atoms in total. The van der Waals surface area contributed by atoms with E-state index >= 15 is 0 Å². The molecule has 0 spiro atoms. The highest BCUT2D eigenvalue weighted by Crippen LogP contribution is 2.23. The van der Waals surface area contributed by atoms with Gasteiger partial charge in [-0.25, -0.2) is 8.42 Å². The van der Waals surface area contributed by atoms with E-state index in [-0.39, 0.29) is 10.9 Å². The summed E-state index contributed by atoms with van der Waals surface area (Å²) >= 11 is 0. The molecule has 0 saturated carbocycles. The van der Waals surface area contributed by atoms with Crippen LogP contribution in [0.5, 0.6) is 0 Å². The van der Waals surface area contributed by atoms with Crippen molar-refractivity contribution in [1.29, 1.82) is 0 Å². The summed E-state index contributed by atoms with van der Waals surface area (Å²) in [6.07, 6.45) is 5.07. The van der Waals surface area contributed by atoms with Gasteiger partial charge in [-0.05, 0) is 51.1 Å². The van der Waals surface area contributed by atoms with Crippen LogP contribution in [-0.4, -0.2) is 45.2 Å². The molecular formula is C15H25N3O2S. The molecule has 1 aromatic rings. The average molecular weight is 311 g/mol. The van der Waals surface area contributed by atoms with Gasteiger partial charge in [-0.15, -0.1) is 0 Å². The van der Waals surface area contributed by atoms with Crippen molar-refractivity contribution in [3.05, 3.63) is 18.2 Å². The first-order valence-corrected chi connectivity index (χ1v) is 9.34. The third kappa shape index (κ3) is 4.61. The predicted octanol–water partition coefficient (Wildman–Crippen LogP) is 1.96. The Hall–Kier alpha value is -1.27. The van der Waals surface area contributed by atoms with Crippen LogP contribution in [0.1, 0.15) is 26.2 Å². The van der Waals surface area contributed by atoms with Gasteiger partial charge in [0.15, 0.2) is 9.84 Å². The maximum absolute atomic E-state index is 11.5. The maximum atomic E-state index is 11.5. The Labute approximate surface area is 127 Å². The molecule has 1 atom stereocenters. The summed E-state index contributed by atoms with van der Waals surface area (Å²) in [5.41, 5.74) is 7.23. The van der Waals surface area contributed by atoms with Crippen molar-refractivity contribution < 1.29 is 8.42 Å². The lowest BCUT2D eigenvalue weighted by Gasteiger charge is -2.30. The molecule has 0 amide bonds. The van der Waals surface area contributed by atoms with Gasteiger partial charge in [0.1, 0.15) is 0 Å². The molecule has 3 N–H and O–H groups in total. The third-order valence-electron chi connectivity index (χ3n) is 3.83. The van der Waals surface area contributed by atoms with Crippen LogP contribution < -0.4 is 11.1 Å². The monoisotopic (exact) mass is 311 g/mol. The van der Waals surface area contributed by atoms with E-state index in [1.165, 1.54) is 31.6 Å². The summed E-state index contributed by atoms with van der Waals surface area (Å²) in [5.74, 6) is 0. The van der Waals surface area contributed by atoms with Crippen LogP contribution in [0.15, 0.2) is 23.1 Å². The lowest BCUT2D eigenvalue weighted by molar-refractivity contribution is 0.223. The number of nitrogens with one attached hydrogen (secondary N) is 1. The number of nitrogens with two attached hydrogens (primary N) is 1. The largest absolute Gasteiger partial charge is 0.397 e. The molecule has 118 valence electrons. The number of hydrogen-bond acceptors (Lipinski definition) is 5. The quantitative estimate of drug-likeness (QED) is 0.813. The number of benzene rings is 1. The fraction of sp³-hybridized carbons (Fsp3) is 0.600. The zero-order valence-electron chi connectivity index (χ0n) is 12.8. The van der Waals surface area contributed by atoms with Crippen LogP contribution in [0.3, 0.4) is 0 Å². The van der Waals surface area contributed by atoms with Gasteiger partial charge in [0.2, 0.25) is 0 Å². The Morgan fingerprint density at radius 1 is 1.29 bits per heavy atom. The van der Waals surface area contributed by atoms with Crippen LogP contribution >= 0.6 is 0 Å². The molecule has 6 heteroatoms. The number of likely N-dealkylation sites (tertiary alicyclic amines) is 1. The van der Waals surface area contributed by atoms with Gasteiger partial charge in [0.25, 0.3) is 0 Å². The summed E-state index contributed by atoms with van der Waals surface area (Å²) in [6.45, 7) is 5.43. The number of anilines is 2. The van der Waals surface area contributed by atoms with Crippen molar-refractivity contribution in [3.63, 3.8) is 0 Å². The smallest absolute Gasteiger partial charge is 0.175 e. The number of hydrogen-bond donors (Lipinski definition) is 2. The van der Waals surface area contributed by atoms with Crippen molar-refractivity contribution in [2.24, 2.45) is 0 Å². The minimum Gasteiger partial charge on any atom is -0.397 e. The minimum atomic E-state index is -3.21. The zero-order chi connectivity index (χ0) is 15.5. The molecule has 1 saturated heterocycles. The molecule has 0 radical (unpaired) electrons. The van der Waals surface area contributed by atoms with Crippen molar-refractivity contribution in [2.75, 3.05) is 36.9 Å². The minimum absolute atomic E-state index is 0.259. The van der Waals surface area contributed by atoms with E-state index in [1.807, 2.05) is 0 Å².